The van der Waals surface area contributed by atoms with Crippen molar-refractivity contribution in [3.05, 3.63) is 42.2 Å². The molecule has 0 aliphatic carbocycles. The Hall–Kier alpha value is -3.02. The summed E-state index contributed by atoms with van der Waals surface area (Å²) in [6, 6.07) is 9.31. The second-order valence-electron chi connectivity index (χ2n) is 5.17. The Morgan fingerprint density at radius 1 is 1.12 bits per heavy atom. The van der Waals surface area contributed by atoms with E-state index in [1.807, 2.05) is 24.3 Å². The Labute approximate surface area is 138 Å². The Morgan fingerprint density at radius 3 is 2.46 bits per heavy atom. The van der Waals surface area contributed by atoms with Crippen LogP contribution < -0.4 is 9.47 Å². The van der Waals surface area contributed by atoms with Gasteiger partial charge in [0, 0.05) is 23.8 Å². The maximum atomic E-state index is 12.4. The van der Waals surface area contributed by atoms with Gasteiger partial charge in [0.2, 0.25) is 0 Å². The van der Waals surface area contributed by atoms with E-state index in [2.05, 4.69) is 0 Å². The first-order chi connectivity index (χ1) is 11.6. The third-order valence-electron chi connectivity index (χ3n) is 3.66. The van der Waals surface area contributed by atoms with Crippen LogP contribution in [0.4, 0.5) is 0 Å². The molecule has 0 radical (unpaired) electrons. The van der Waals surface area contributed by atoms with Crippen molar-refractivity contribution in [2.75, 3.05) is 13.7 Å². The zero-order chi connectivity index (χ0) is 17.3. The summed E-state index contributed by atoms with van der Waals surface area (Å²) in [5.41, 5.74) is 0.886. The fourth-order valence-electron chi connectivity index (χ4n) is 2.74. The van der Waals surface area contributed by atoms with E-state index in [-0.39, 0.29) is 18.1 Å². The zero-order valence-corrected chi connectivity index (χ0v) is 13.7. The zero-order valence-electron chi connectivity index (χ0n) is 13.7. The molecule has 124 valence electrons. The molecule has 0 aliphatic heterocycles. The SMILES string of the molecule is CCOC(=O)c1c(OC(C)=O)cc2c3ccccc3c(OC)cn12. The van der Waals surface area contributed by atoms with Gasteiger partial charge in [-0.25, -0.2) is 4.79 Å². The quantitative estimate of drug-likeness (QED) is 0.688. The van der Waals surface area contributed by atoms with Gasteiger partial charge < -0.3 is 18.6 Å². The molecular weight excluding hydrogens is 310 g/mol. The van der Waals surface area contributed by atoms with Crippen molar-refractivity contribution in [1.29, 1.82) is 0 Å². The second kappa shape index (κ2) is 6.23. The van der Waals surface area contributed by atoms with E-state index in [0.717, 1.165) is 16.3 Å². The number of esters is 2. The van der Waals surface area contributed by atoms with Crippen LogP contribution in [-0.4, -0.2) is 30.1 Å². The molecule has 2 heterocycles. The van der Waals surface area contributed by atoms with Crippen LogP contribution >= 0.6 is 0 Å². The van der Waals surface area contributed by atoms with Gasteiger partial charge in [-0.05, 0) is 6.92 Å². The summed E-state index contributed by atoms with van der Waals surface area (Å²) in [7, 11) is 1.56. The fourth-order valence-corrected chi connectivity index (χ4v) is 2.74. The van der Waals surface area contributed by atoms with E-state index < -0.39 is 11.9 Å². The van der Waals surface area contributed by atoms with Gasteiger partial charge in [0.15, 0.2) is 11.4 Å². The normalized spacial score (nSPS) is 10.8. The summed E-state index contributed by atoms with van der Waals surface area (Å²) in [6.45, 7) is 3.22. The van der Waals surface area contributed by atoms with Gasteiger partial charge in [0.05, 0.1) is 25.4 Å². The van der Waals surface area contributed by atoms with Gasteiger partial charge in [-0.15, -0.1) is 0 Å². The molecule has 0 bridgehead atoms. The number of methoxy groups -OCH3 is 1. The summed E-state index contributed by atoms with van der Waals surface area (Å²) >= 11 is 0. The molecule has 0 N–H and O–H groups in total. The molecule has 0 spiro atoms. The smallest absolute Gasteiger partial charge is 0.359 e. The summed E-state index contributed by atoms with van der Waals surface area (Å²) in [5, 5.41) is 1.77. The Balaban J connectivity index is 2.38. The number of ether oxygens (including phenoxy) is 3. The number of carbonyl (C=O) groups is 2. The minimum atomic E-state index is -0.564. The van der Waals surface area contributed by atoms with Gasteiger partial charge >= 0.3 is 11.9 Å². The predicted molar refractivity (Wildman–Crippen MR) is 88.7 cm³/mol. The van der Waals surface area contributed by atoms with Gasteiger partial charge in [-0.2, -0.15) is 0 Å². The lowest BCUT2D eigenvalue weighted by Crippen LogP contribution is -2.12. The molecule has 24 heavy (non-hydrogen) atoms. The van der Waals surface area contributed by atoms with Crippen LogP contribution in [0.15, 0.2) is 36.5 Å². The standard InChI is InChI=1S/C18H17NO5/c1-4-23-18(21)17-15(24-11(2)20)9-14-12-7-5-6-8-13(12)16(22-3)10-19(14)17/h5-10H,4H2,1-3H3. The molecule has 1 aromatic carbocycles. The van der Waals surface area contributed by atoms with E-state index in [4.69, 9.17) is 14.2 Å². The third kappa shape index (κ3) is 2.56. The van der Waals surface area contributed by atoms with Crippen molar-refractivity contribution in [2.45, 2.75) is 13.8 Å². The molecular formula is C18H17NO5. The second-order valence-corrected chi connectivity index (χ2v) is 5.17. The molecule has 0 saturated carbocycles. The number of hydrogen-bond acceptors (Lipinski definition) is 5. The minimum absolute atomic E-state index is 0.158. The van der Waals surface area contributed by atoms with Crippen molar-refractivity contribution in [2.24, 2.45) is 0 Å². The van der Waals surface area contributed by atoms with Gasteiger partial charge in [-0.1, -0.05) is 24.3 Å². The van der Waals surface area contributed by atoms with Crippen LogP contribution in [0.5, 0.6) is 11.5 Å². The molecule has 0 unspecified atom stereocenters. The van der Waals surface area contributed by atoms with E-state index in [1.165, 1.54) is 6.92 Å². The average Bonchev–Trinajstić information content (AvgIpc) is 2.91. The largest absolute Gasteiger partial charge is 0.495 e. The average molecular weight is 327 g/mol. The number of rotatable bonds is 4. The molecule has 0 aliphatic rings. The molecule has 3 aromatic rings. The van der Waals surface area contributed by atoms with Crippen molar-refractivity contribution >= 4 is 28.2 Å². The van der Waals surface area contributed by atoms with Crippen LogP contribution in [0.3, 0.4) is 0 Å². The van der Waals surface area contributed by atoms with Gasteiger partial charge in [0.1, 0.15) is 5.75 Å². The highest BCUT2D eigenvalue weighted by Gasteiger charge is 2.23. The van der Waals surface area contributed by atoms with Gasteiger partial charge in [-0.3, -0.25) is 4.79 Å². The summed E-state index contributed by atoms with van der Waals surface area (Å²) < 4.78 is 17.4. The van der Waals surface area contributed by atoms with E-state index in [0.29, 0.717) is 5.75 Å². The molecule has 6 heteroatoms. The minimum Gasteiger partial charge on any atom is -0.495 e. The molecule has 0 amide bonds. The molecule has 2 aromatic heterocycles. The third-order valence-corrected chi connectivity index (χ3v) is 3.66. The first-order valence-corrected chi connectivity index (χ1v) is 7.53. The van der Waals surface area contributed by atoms with Crippen molar-refractivity contribution < 1.29 is 23.8 Å². The summed E-state index contributed by atoms with van der Waals surface area (Å²) in [6.07, 6.45) is 1.69. The molecule has 0 atom stereocenters. The summed E-state index contributed by atoms with van der Waals surface area (Å²) in [5.74, 6) is -0.299. The number of nitrogens with zero attached hydrogens (tertiary/aromatic N) is 1. The topological polar surface area (TPSA) is 66.2 Å². The monoisotopic (exact) mass is 327 g/mol. The lowest BCUT2D eigenvalue weighted by molar-refractivity contribution is -0.131. The van der Waals surface area contributed by atoms with Crippen LogP contribution in [0.2, 0.25) is 0 Å². The Kier molecular flexibility index (Phi) is 4.12. The lowest BCUT2D eigenvalue weighted by Gasteiger charge is -2.10. The Morgan fingerprint density at radius 2 is 1.83 bits per heavy atom. The maximum absolute atomic E-state index is 12.4. The predicted octanol–water partition coefficient (Wildman–Crippen LogP) is 3.20. The number of carbonyl (C=O) groups excluding carboxylic acids is 2. The number of pyridine rings is 1. The van der Waals surface area contributed by atoms with E-state index in [9.17, 15) is 9.59 Å². The number of fused-ring (bicyclic) bond motifs is 3. The van der Waals surface area contributed by atoms with Crippen LogP contribution in [0.25, 0.3) is 16.3 Å². The molecule has 6 nitrogen and oxygen atoms in total. The maximum Gasteiger partial charge on any atom is 0.359 e. The van der Waals surface area contributed by atoms with Gasteiger partial charge in [0.25, 0.3) is 0 Å². The molecule has 0 fully saturated rings. The first-order valence-electron chi connectivity index (χ1n) is 7.53. The van der Waals surface area contributed by atoms with E-state index >= 15 is 0 Å². The van der Waals surface area contributed by atoms with Crippen LogP contribution in [-0.2, 0) is 9.53 Å². The number of hydrogen-bond donors (Lipinski definition) is 0. The lowest BCUT2D eigenvalue weighted by atomic mass is 10.1. The van der Waals surface area contributed by atoms with Crippen LogP contribution in [0, 0.1) is 0 Å². The van der Waals surface area contributed by atoms with E-state index in [1.54, 1.807) is 30.7 Å². The van der Waals surface area contributed by atoms with Crippen molar-refractivity contribution in [3.63, 3.8) is 0 Å². The molecule has 0 saturated heterocycles. The van der Waals surface area contributed by atoms with Crippen molar-refractivity contribution in [3.8, 4) is 11.5 Å². The highest BCUT2D eigenvalue weighted by molar-refractivity contribution is 6.04. The van der Waals surface area contributed by atoms with Crippen molar-refractivity contribution in [1.82, 2.24) is 4.40 Å². The first kappa shape index (κ1) is 15.9. The number of aromatic nitrogens is 1. The number of benzene rings is 1. The van der Waals surface area contributed by atoms with Crippen LogP contribution in [0.1, 0.15) is 24.3 Å². The Bertz CT molecular complexity index is 941. The summed E-state index contributed by atoms with van der Waals surface area (Å²) in [4.78, 5) is 23.8. The highest BCUT2D eigenvalue weighted by Crippen LogP contribution is 2.35. The fraction of sp³-hybridized carbons (Fsp3) is 0.222. The molecule has 3 rings (SSSR count). The highest BCUT2D eigenvalue weighted by atomic mass is 16.5.